The Kier molecular flexibility index (Phi) is 8.23. The normalized spacial score (nSPS) is 11.1. The van der Waals surface area contributed by atoms with E-state index in [1.165, 1.54) is 31.8 Å². The minimum absolute atomic E-state index is 0.636. The molecule has 3 heteroatoms. The second-order valence-corrected chi connectivity index (χ2v) is 15.7. The van der Waals surface area contributed by atoms with E-state index in [9.17, 15) is 0 Å². The van der Waals surface area contributed by atoms with E-state index in [1.54, 1.807) is 10.4 Å². The van der Waals surface area contributed by atoms with Gasteiger partial charge in [0.25, 0.3) is 0 Å². The molecule has 0 N–H and O–H groups in total. The molecule has 0 unspecified atom stereocenters. The molecule has 6 rings (SSSR count). The van der Waals surface area contributed by atoms with Gasteiger partial charge in [-0.3, -0.25) is 0 Å². The summed E-state index contributed by atoms with van der Waals surface area (Å²) in [5.74, 6) is 0. The van der Waals surface area contributed by atoms with Crippen molar-refractivity contribution in [3.8, 4) is 0 Å². The van der Waals surface area contributed by atoms with Crippen molar-refractivity contribution in [1.29, 1.82) is 0 Å². The Morgan fingerprint density at radius 3 is 0.846 bits per heavy atom. The van der Waals surface area contributed by atoms with Gasteiger partial charge in [-0.25, -0.2) is 0 Å². The van der Waals surface area contributed by atoms with Crippen LogP contribution in [-0.4, -0.2) is 9.52 Å². The third-order valence-electron chi connectivity index (χ3n) is 6.90. The van der Waals surface area contributed by atoms with Crippen LogP contribution >= 0.6 is 15.8 Å². The average Bonchev–Trinajstić information content (AvgIpc) is 3.01. The maximum absolute atomic E-state index is 2.40. The van der Waals surface area contributed by atoms with Crippen molar-refractivity contribution in [1.82, 2.24) is 0 Å². The third kappa shape index (κ3) is 5.87. The van der Waals surface area contributed by atoms with E-state index in [1.807, 2.05) is 0 Å². The van der Waals surface area contributed by atoms with Crippen LogP contribution < -0.4 is 42.2 Å². The summed E-state index contributed by atoms with van der Waals surface area (Å²) in [7, 11) is -2.04. The fraction of sp³-hybridized carbons (Fsp3) is 0. The summed E-state index contributed by atoms with van der Waals surface area (Å²) >= 11 is 0. The minimum atomic E-state index is -0.765. The van der Waals surface area contributed by atoms with Gasteiger partial charge in [0.15, 0.2) is 0 Å². The molecule has 188 valence electrons. The van der Waals surface area contributed by atoms with E-state index in [0.717, 1.165) is 0 Å². The maximum Gasteiger partial charge on any atom is 0.0892 e. The lowest BCUT2D eigenvalue weighted by Crippen LogP contribution is -2.45. The van der Waals surface area contributed by atoms with Crippen molar-refractivity contribution < 1.29 is 0 Å². The van der Waals surface area contributed by atoms with Crippen LogP contribution in [0.1, 0.15) is 0 Å². The molecule has 6 aromatic carbocycles. The molecule has 0 radical (unpaired) electrons. The summed E-state index contributed by atoms with van der Waals surface area (Å²) in [4.78, 5) is 0. The van der Waals surface area contributed by atoms with E-state index in [0.29, 0.717) is 0 Å². The molecule has 0 aliphatic carbocycles. The van der Waals surface area contributed by atoms with Gasteiger partial charge in [0.2, 0.25) is 0 Å². The lowest BCUT2D eigenvalue weighted by atomic mass is 10.3. The van der Waals surface area contributed by atoms with Crippen LogP contribution in [-0.2, 0) is 0 Å². The van der Waals surface area contributed by atoms with E-state index < -0.39 is 25.4 Å². The Bertz CT molecular complexity index is 1420. The topological polar surface area (TPSA) is 0 Å². The lowest BCUT2D eigenvalue weighted by Gasteiger charge is -2.25. The monoisotopic (exact) mass is 552 g/mol. The summed E-state index contributed by atoms with van der Waals surface area (Å²) < 4.78 is 0. The average molecular weight is 553 g/mol. The number of hydrogen-bond acceptors (Lipinski definition) is 0. The largest absolute Gasteiger partial charge is 0.0892 e. The molecule has 0 aliphatic heterocycles. The predicted molar refractivity (Wildman–Crippen MR) is 178 cm³/mol. The summed E-state index contributed by atoms with van der Waals surface area (Å²) in [6.45, 7) is 0. The van der Waals surface area contributed by atoms with Crippen LogP contribution in [0.5, 0.6) is 0 Å². The van der Waals surface area contributed by atoms with Crippen LogP contribution in [0.2, 0.25) is 0 Å². The number of rotatable bonds is 8. The highest BCUT2D eigenvalue weighted by Crippen LogP contribution is 2.33. The number of hydrogen-bond donors (Lipinski definition) is 0. The molecule has 0 aliphatic rings. The SMILES string of the molecule is c1ccc(P(c2ccccc2)c2ccccc2[SiH2]c2ccccc2P(c2ccccc2)c2ccccc2)cc1. The quantitative estimate of drug-likeness (QED) is 0.195. The Labute approximate surface area is 236 Å². The van der Waals surface area contributed by atoms with Crippen molar-refractivity contribution >= 4 is 67.6 Å². The second-order valence-electron chi connectivity index (χ2n) is 9.45. The van der Waals surface area contributed by atoms with Gasteiger partial charge in [0.05, 0.1) is 9.52 Å². The Morgan fingerprint density at radius 1 is 0.282 bits per heavy atom. The molecule has 0 bridgehead atoms. The maximum atomic E-state index is 2.40. The molecule has 0 heterocycles. The third-order valence-corrected chi connectivity index (χ3v) is 14.6. The lowest BCUT2D eigenvalue weighted by molar-refractivity contribution is 1.74. The summed E-state index contributed by atoms with van der Waals surface area (Å²) in [6, 6.07) is 62.8. The molecule has 0 atom stereocenters. The van der Waals surface area contributed by atoms with Gasteiger partial charge >= 0.3 is 0 Å². The molecule has 0 nitrogen and oxygen atoms in total. The molecule has 0 fully saturated rings. The van der Waals surface area contributed by atoms with Crippen molar-refractivity contribution in [3.63, 3.8) is 0 Å². The molecule has 0 saturated carbocycles. The Balaban J connectivity index is 1.46. The molecule has 6 aromatic rings. The van der Waals surface area contributed by atoms with Crippen LogP contribution in [0, 0.1) is 0 Å². The molecular formula is C36H30P2Si. The standard InChI is InChI=1S/C36H30P2Si/c1-5-17-29(18-6-1)37(30-19-7-2-8-20-30)33-25-13-15-27-35(33)39-36-28-16-14-26-34(36)38(31-21-9-3-10-22-31)32-23-11-4-12-24-32/h1-28H,39H2. The van der Waals surface area contributed by atoms with Gasteiger partial charge in [0.1, 0.15) is 0 Å². The van der Waals surface area contributed by atoms with Gasteiger partial charge in [0, 0.05) is 0 Å². The molecule has 0 saturated heterocycles. The summed E-state index contributed by atoms with van der Waals surface area (Å²) in [5.41, 5.74) is 0. The van der Waals surface area contributed by atoms with Crippen molar-refractivity contribution in [2.75, 3.05) is 0 Å². The highest BCUT2D eigenvalue weighted by Gasteiger charge is 2.22. The van der Waals surface area contributed by atoms with E-state index in [-0.39, 0.29) is 0 Å². The molecule has 0 spiro atoms. The van der Waals surface area contributed by atoms with E-state index in [4.69, 9.17) is 0 Å². The fourth-order valence-electron chi connectivity index (χ4n) is 5.12. The minimum Gasteiger partial charge on any atom is -0.0626 e. The van der Waals surface area contributed by atoms with Gasteiger partial charge < -0.3 is 0 Å². The fourth-order valence-corrected chi connectivity index (χ4v) is 12.8. The number of benzene rings is 6. The first-order valence-corrected chi connectivity index (χ1v) is 17.4. The Morgan fingerprint density at radius 2 is 0.538 bits per heavy atom. The molecule has 0 aromatic heterocycles. The van der Waals surface area contributed by atoms with Gasteiger partial charge in [-0.15, -0.1) is 0 Å². The Hall–Kier alpha value is -3.60. The molecule has 39 heavy (non-hydrogen) atoms. The van der Waals surface area contributed by atoms with Crippen LogP contribution in [0.4, 0.5) is 0 Å². The van der Waals surface area contributed by atoms with Crippen molar-refractivity contribution in [2.45, 2.75) is 0 Å². The zero-order valence-electron chi connectivity index (χ0n) is 21.8. The van der Waals surface area contributed by atoms with Crippen LogP contribution in [0.3, 0.4) is 0 Å². The zero-order valence-corrected chi connectivity index (χ0v) is 25.0. The highest BCUT2D eigenvalue weighted by atomic mass is 31.1. The van der Waals surface area contributed by atoms with Gasteiger partial charge in [-0.1, -0.05) is 180 Å². The smallest absolute Gasteiger partial charge is 0.0626 e. The van der Waals surface area contributed by atoms with Crippen LogP contribution in [0.15, 0.2) is 170 Å². The van der Waals surface area contributed by atoms with Crippen molar-refractivity contribution in [3.05, 3.63) is 170 Å². The molecular weight excluding hydrogens is 522 g/mol. The first kappa shape index (κ1) is 25.7. The van der Waals surface area contributed by atoms with Gasteiger partial charge in [-0.05, 0) is 47.7 Å². The summed E-state index contributed by atoms with van der Waals surface area (Å²) in [5, 5.41) is 11.7. The van der Waals surface area contributed by atoms with Crippen molar-refractivity contribution in [2.24, 2.45) is 0 Å². The zero-order chi connectivity index (χ0) is 26.3. The molecule has 0 amide bonds. The predicted octanol–water partition coefficient (Wildman–Crippen LogP) is 4.32. The first-order valence-electron chi connectivity index (χ1n) is 13.3. The van der Waals surface area contributed by atoms with Crippen LogP contribution in [0.25, 0.3) is 0 Å². The second kappa shape index (κ2) is 12.5. The highest BCUT2D eigenvalue weighted by molar-refractivity contribution is 7.81. The van der Waals surface area contributed by atoms with E-state index in [2.05, 4.69) is 170 Å². The van der Waals surface area contributed by atoms with Gasteiger partial charge in [-0.2, -0.15) is 0 Å². The first-order chi connectivity index (χ1) is 19.4. The summed E-state index contributed by atoms with van der Waals surface area (Å²) in [6.07, 6.45) is 0. The van der Waals surface area contributed by atoms with E-state index >= 15 is 0 Å².